The molecule has 1 aromatic carbocycles. The molecule has 1 aliphatic rings. The van der Waals surface area contributed by atoms with E-state index in [1.807, 2.05) is 0 Å². The van der Waals surface area contributed by atoms with Gasteiger partial charge in [0, 0.05) is 23.4 Å². The fourth-order valence-corrected chi connectivity index (χ4v) is 2.49. The minimum Gasteiger partial charge on any atom is -0.294 e. The minimum atomic E-state index is 1.11. The van der Waals surface area contributed by atoms with Crippen LogP contribution in [0.1, 0.15) is 12.8 Å². The van der Waals surface area contributed by atoms with Crippen LogP contribution in [-0.4, -0.2) is 20.1 Å². The second-order valence-corrected chi connectivity index (χ2v) is 4.95. The Bertz CT molecular complexity index is 303. The topological polar surface area (TPSA) is 0 Å². The van der Waals surface area contributed by atoms with Gasteiger partial charge in [-0.25, -0.2) is 0 Å². The monoisotopic (exact) mass is 240 g/mol. The van der Waals surface area contributed by atoms with E-state index < -0.39 is 0 Å². The van der Waals surface area contributed by atoms with Crippen LogP contribution in [0.5, 0.6) is 0 Å². The smallest absolute Gasteiger partial charge is 0.133 e. The van der Waals surface area contributed by atoms with E-state index in [4.69, 9.17) is 0 Å². The van der Waals surface area contributed by atoms with Crippen molar-refractivity contribution in [3.8, 4) is 0 Å². The molecule has 1 fully saturated rings. The molecular formula is C11H15BrN+. The fraction of sp³-hybridized carbons (Fsp3) is 0.455. The van der Waals surface area contributed by atoms with Crippen LogP contribution >= 0.6 is 15.9 Å². The number of quaternary nitrogens is 1. The molecule has 1 aliphatic heterocycles. The maximum atomic E-state index is 3.52. The van der Waals surface area contributed by atoms with E-state index >= 15 is 0 Å². The first-order valence-corrected chi connectivity index (χ1v) is 5.61. The van der Waals surface area contributed by atoms with Crippen LogP contribution in [0.3, 0.4) is 0 Å². The molecule has 0 bridgehead atoms. The highest BCUT2D eigenvalue weighted by Gasteiger charge is 2.29. The highest BCUT2D eigenvalue weighted by atomic mass is 79.9. The molecule has 13 heavy (non-hydrogen) atoms. The van der Waals surface area contributed by atoms with Crippen molar-refractivity contribution in [2.75, 3.05) is 20.1 Å². The van der Waals surface area contributed by atoms with Gasteiger partial charge in [0.15, 0.2) is 0 Å². The van der Waals surface area contributed by atoms with Crippen LogP contribution < -0.4 is 4.48 Å². The first-order valence-electron chi connectivity index (χ1n) is 4.81. The zero-order valence-electron chi connectivity index (χ0n) is 7.96. The third kappa shape index (κ3) is 1.79. The molecule has 1 aromatic rings. The van der Waals surface area contributed by atoms with Gasteiger partial charge in [-0.3, -0.25) is 4.48 Å². The van der Waals surface area contributed by atoms with E-state index in [2.05, 4.69) is 47.2 Å². The lowest BCUT2D eigenvalue weighted by Crippen LogP contribution is -2.41. The lowest BCUT2D eigenvalue weighted by atomic mass is 10.2. The van der Waals surface area contributed by atoms with E-state index in [1.165, 1.54) is 36.1 Å². The normalized spacial score (nSPS) is 20.5. The zero-order valence-corrected chi connectivity index (χ0v) is 9.55. The van der Waals surface area contributed by atoms with Gasteiger partial charge < -0.3 is 0 Å². The molecule has 1 nitrogen and oxygen atoms in total. The maximum absolute atomic E-state index is 3.52. The van der Waals surface area contributed by atoms with Crippen LogP contribution in [0.25, 0.3) is 0 Å². The first kappa shape index (κ1) is 9.22. The minimum absolute atomic E-state index is 1.11. The van der Waals surface area contributed by atoms with Crippen LogP contribution in [0.4, 0.5) is 5.69 Å². The Morgan fingerprint density at radius 3 is 2.54 bits per heavy atom. The molecule has 0 spiro atoms. The SMILES string of the molecule is C[N+]1(c2cccc(Br)c2)CCCC1. The number of likely N-dealkylation sites (tertiary alicyclic amines) is 1. The van der Waals surface area contributed by atoms with Gasteiger partial charge in [-0.15, -0.1) is 0 Å². The third-order valence-corrected chi connectivity index (χ3v) is 3.48. The molecule has 0 aliphatic carbocycles. The third-order valence-electron chi connectivity index (χ3n) is 2.98. The van der Waals surface area contributed by atoms with Crippen molar-refractivity contribution in [1.82, 2.24) is 4.48 Å². The van der Waals surface area contributed by atoms with E-state index in [0.717, 1.165) is 4.48 Å². The lowest BCUT2D eigenvalue weighted by molar-refractivity contribution is 0.406. The van der Waals surface area contributed by atoms with Crippen molar-refractivity contribution in [3.05, 3.63) is 28.7 Å². The molecular weight excluding hydrogens is 226 g/mol. The quantitative estimate of drug-likeness (QED) is 0.662. The van der Waals surface area contributed by atoms with Crippen LogP contribution in [0.15, 0.2) is 28.7 Å². The average Bonchev–Trinajstić information content (AvgIpc) is 2.54. The van der Waals surface area contributed by atoms with E-state index in [1.54, 1.807) is 0 Å². The summed E-state index contributed by atoms with van der Waals surface area (Å²) < 4.78 is 2.30. The summed E-state index contributed by atoms with van der Waals surface area (Å²) in [5, 5.41) is 0. The molecule has 2 heteroatoms. The number of halogens is 1. The summed E-state index contributed by atoms with van der Waals surface area (Å²) in [4.78, 5) is 0. The molecule has 0 unspecified atom stereocenters. The molecule has 0 N–H and O–H groups in total. The molecule has 0 amide bonds. The van der Waals surface area contributed by atoms with Crippen molar-refractivity contribution in [2.45, 2.75) is 12.8 Å². The van der Waals surface area contributed by atoms with E-state index in [9.17, 15) is 0 Å². The summed E-state index contributed by atoms with van der Waals surface area (Å²) in [6, 6.07) is 8.69. The van der Waals surface area contributed by atoms with Crippen molar-refractivity contribution < 1.29 is 0 Å². The van der Waals surface area contributed by atoms with Crippen molar-refractivity contribution in [2.24, 2.45) is 0 Å². The second kappa shape index (κ2) is 3.43. The molecule has 2 rings (SSSR count). The zero-order chi connectivity index (χ0) is 9.31. The van der Waals surface area contributed by atoms with Crippen LogP contribution in [0.2, 0.25) is 0 Å². The van der Waals surface area contributed by atoms with Gasteiger partial charge in [-0.1, -0.05) is 22.0 Å². The predicted octanol–water partition coefficient (Wildman–Crippen LogP) is 3.18. The molecule has 0 atom stereocenters. The second-order valence-electron chi connectivity index (χ2n) is 4.03. The van der Waals surface area contributed by atoms with Crippen LogP contribution in [0, 0.1) is 0 Å². The number of rotatable bonds is 1. The highest BCUT2D eigenvalue weighted by molar-refractivity contribution is 9.10. The van der Waals surface area contributed by atoms with Gasteiger partial charge >= 0.3 is 0 Å². The van der Waals surface area contributed by atoms with Gasteiger partial charge in [0.25, 0.3) is 0 Å². The van der Waals surface area contributed by atoms with E-state index in [-0.39, 0.29) is 0 Å². The summed E-state index contributed by atoms with van der Waals surface area (Å²) in [5.74, 6) is 0. The first-order chi connectivity index (χ1) is 6.21. The van der Waals surface area contributed by atoms with Gasteiger partial charge in [0.2, 0.25) is 0 Å². The van der Waals surface area contributed by atoms with Crippen molar-refractivity contribution in [1.29, 1.82) is 0 Å². The number of benzene rings is 1. The number of hydrogen-bond donors (Lipinski definition) is 0. The van der Waals surface area contributed by atoms with Gasteiger partial charge in [0.05, 0.1) is 20.1 Å². The van der Waals surface area contributed by atoms with Gasteiger partial charge in [-0.2, -0.15) is 0 Å². The lowest BCUT2D eigenvalue weighted by Gasteiger charge is -2.28. The molecule has 0 saturated carbocycles. The molecule has 0 aromatic heterocycles. The largest absolute Gasteiger partial charge is 0.294 e. The Kier molecular flexibility index (Phi) is 2.43. The Hall–Kier alpha value is -0.340. The van der Waals surface area contributed by atoms with Crippen LogP contribution in [-0.2, 0) is 0 Å². The van der Waals surface area contributed by atoms with Crippen molar-refractivity contribution in [3.63, 3.8) is 0 Å². The summed E-state index contributed by atoms with van der Waals surface area (Å²) in [7, 11) is 2.33. The molecule has 1 saturated heterocycles. The Labute approximate surface area is 88.1 Å². The Morgan fingerprint density at radius 2 is 1.92 bits per heavy atom. The maximum Gasteiger partial charge on any atom is 0.133 e. The van der Waals surface area contributed by atoms with Gasteiger partial charge in [0.1, 0.15) is 5.69 Å². The molecule has 1 heterocycles. The standard InChI is InChI=1S/C11H15BrN/c1-13(7-2-3-8-13)11-6-4-5-10(12)9-11/h4-6,9H,2-3,7-8H2,1H3/q+1. The average molecular weight is 241 g/mol. The molecule has 70 valence electrons. The van der Waals surface area contributed by atoms with Crippen molar-refractivity contribution >= 4 is 21.6 Å². The Balaban J connectivity index is 2.33. The predicted molar refractivity (Wildman–Crippen MR) is 60.8 cm³/mol. The summed E-state index contributed by atoms with van der Waals surface area (Å²) in [6.07, 6.45) is 2.73. The summed E-state index contributed by atoms with van der Waals surface area (Å²) in [6.45, 7) is 2.58. The fourth-order valence-electron chi connectivity index (χ4n) is 2.10. The summed E-state index contributed by atoms with van der Waals surface area (Å²) in [5.41, 5.74) is 1.44. The van der Waals surface area contributed by atoms with E-state index in [0.29, 0.717) is 0 Å². The number of nitrogens with zero attached hydrogens (tertiary/aromatic N) is 1. The highest BCUT2D eigenvalue weighted by Crippen LogP contribution is 2.29. The number of hydrogen-bond acceptors (Lipinski definition) is 0. The van der Waals surface area contributed by atoms with Gasteiger partial charge in [-0.05, 0) is 12.1 Å². The Morgan fingerprint density at radius 1 is 1.23 bits per heavy atom. The molecule has 0 radical (unpaired) electrons. The summed E-state index contributed by atoms with van der Waals surface area (Å²) >= 11 is 3.52.